The lowest BCUT2D eigenvalue weighted by Gasteiger charge is -2.17. The molecule has 7 heteroatoms. The second kappa shape index (κ2) is 7.25. The zero-order valence-electron chi connectivity index (χ0n) is 16.9. The first kappa shape index (κ1) is 19.3. The van der Waals surface area contributed by atoms with E-state index < -0.39 is 5.97 Å². The quantitative estimate of drug-likeness (QED) is 0.631. The standard InChI is InChI=1S/C23H23NO5S/c1-3-29-23(27)17-11-24(13-4-5-13)20-16(21(17)26)7-6-15(22(20)28-2)19-9-12-8-14(25)10-18(12)30-19/h6-7,9,11,13-14,25H,3-5,8,10H2,1-2H3. The van der Waals surface area contributed by atoms with Gasteiger partial charge in [0.05, 0.1) is 30.7 Å². The van der Waals surface area contributed by atoms with E-state index in [0.29, 0.717) is 24.0 Å². The van der Waals surface area contributed by atoms with Gasteiger partial charge in [0.1, 0.15) is 5.56 Å². The zero-order valence-corrected chi connectivity index (χ0v) is 17.8. The van der Waals surface area contributed by atoms with E-state index in [0.717, 1.165) is 28.8 Å². The van der Waals surface area contributed by atoms with Gasteiger partial charge in [-0.1, -0.05) is 0 Å². The molecule has 0 aliphatic heterocycles. The van der Waals surface area contributed by atoms with Crippen molar-refractivity contribution in [2.75, 3.05) is 13.7 Å². The Morgan fingerprint density at radius 2 is 2.10 bits per heavy atom. The van der Waals surface area contributed by atoms with Gasteiger partial charge in [-0.15, -0.1) is 11.3 Å². The van der Waals surface area contributed by atoms with Crippen LogP contribution in [0.4, 0.5) is 0 Å². The average Bonchev–Trinajstić information content (AvgIpc) is 3.41. The zero-order chi connectivity index (χ0) is 21.0. The highest BCUT2D eigenvalue weighted by molar-refractivity contribution is 7.15. The Hall–Kier alpha value is -2.64. The van der Waals surface area contributed by atoms with Gasteiger partial charge in [0.15, 0.2) is 5.75 Å². The summed E-state index contributed by atoms with van der Waals surface area (Å²) in [6.07, 6.45) is 4.71. The number of benzene rings is 1. The molecule has 0 bridgehead atoms. The molecule has 2 heterocycles. The maximum atomic E-state index is 13.1. The van der Waals surface area contributed by atoms with E-state index in [1.54, 1.807) is 37.6 Å². The third kappa shape index (κ3) is 3.04. The molecular formula is C23H23NO5S. The molecule has 0 amide bonds. The summed E-state index contributed by atoms with van der Waals surface area (Å²) in [6, 6.07) is 6.05. The molecule has 3 aromatic rings. The number of aliphatic hydroxyl groups is 1. The Morgan fingerprint density at radius 1 is 1.30 bits per heavy atom. The Labute approximate surface area is 177 Å². The highest BCUT2D eigenvalue weighted by Gasteiger charge is 2.30. The van der Waals surface area contributed by atoms with E-state index in [1.165, 1.54) is 10.4 Å². The number of rotatable bonds is 5. The van der Waals surface area contributed by atoms with Crippen molar-refractivity contribution >= 4 is 28.2 Å². The minimum absolute atomic E-state index is 0.0649. The summed E-state index contributed by atoms with van der Waals surface area (Å²) < 4.78 is 13.0. The number of esters is 1. The number of fused-ring (bicyclic) bond motifs is 2. The van der Waals surface area contributed by atoms with Crippen molar-refractivity contribution in [2.45, 2.75) is 44.8 Å². The Morgan fingerprint density at radius 3 is 2.77 bits per heavy atom. The van der Waals surface area contributed by atoms with Crippen LogP contribution in [-0.2, 0) is 17.6 Å². The van der Waals surface area contributed by atoms with Crippen LogP contribution in [0.5, 0.6) is 5.75 Å². The molecule has 2 aliphatic carbocycles. The number of nitrogens with zero attached hydrogens (tertiary/aromatic N) is 1. The van der Waals surface area contributed by atoms with Crippen molar-refractivity contribution in [1.82, 2.24) is 4.57 Å². The number of hydrogen-bond acceptors (Lipinski definition) is 6. The number of carbonyl (C=O) groups excluding carboxylic acids is 1. The molecule has 156 valence electrons. The predicted molar refractivity (Wildman–Crippen MR) is 116 cm³/mol. The molecule has 0 saturated heterocycles. The Bertz CT molecular complexity index is 1200. The van der Waals surface area contributed by atoms with E-state index in [9.17, 15) is 14.7 Å². The number of thiophene rings is 1. The fourth-order valence-corrected chi connectivity index (χ4v) is 5.58. The molecule has 2 aromatic heterocycles. The highest BCUT2D eigenvalue weighted by Crippen LogP contribution is 2.45. The number of aliphatic hydroxyl groups excluding tert-OH is 1. The number of ether oxygens (including phenoxy) is 2. The van der Waals surface area contributed by atoms with Gasteiger partial charge in [0.25, 0.3) is 0 Å². The second-order valence-electron chi connectivity index (χ2n) is 7.89. The predicted octanol–water partition coefficient (Wildman–Crippen LogP) is 3.71. The molecule has 0 spiro atoms. The maximum absolute atomic E-state index is 13.1. The van der Waals surface area contributed by atoms with E-state index in [4.69, 9.17) is 9.47 Å². The van der Waals surface area contributed by atoms with E-state index in [-0.39, 0.29) is 29.7 Å². The van der Waals surface area contributed by atoms with E-state index >= 15 is 0 Å². The van der Waals surface area contributed by atoms with Crippen molar-refractivity contribution < 1.29 is 19.4 Å². The Balaban J connectivity index is 1.73. The Kier molecular flexibility index (Phi) is 4.67. The third-order valence-corrected chi connectivity index (χ3v) is 7.06. The number of aromatic nitrogens is 1. The summed E-state index contributed by atoms with van der Waals surface area (Å²) in [7, 11) is 1.62. The fourth-order valence-electron chi connectivity index (χ4n) is 4.30. The van der Waals surface area contributed by atoms with Crippen molar-refractivity contribution in [3.05, 3.63) is 50.6 Å². The topological polar surface area (TPSA) is 77.8 Å². The van der Waals surface area contributed by atoms with Crippen LogP contribution in [0, 0.1) is 0 Å². The van der Waals surface area contributed by atoms with Crippen molar-refractivity contribution in [3.63, 3.8) is 0 Å². The summed E-state index contributed by atoms with van der Waals surface area (Å²) in [5, 5.41) is 10.4. The molecule has 2 aliphatic rings. The molecular weight excluding hydrogens is 402 g/mol. The third-order valence-electron chi connectivity index (χ3n) is 5.83. The molecule has 1 saturated carbocycles. The molecule has 1 atom stereocenters. The lowest BCUT2D eigenvalue weighted by atomic mass is 10.0. The fraction of sp³-hybridized carbons (Fsp3) is 0.391. The minimum Gasteiger partial charge on any atom is -0.494 e. The van der Waals surface area contributed by atoms with Gasteiger partial charge < -0.3 is 19.1 Å². The van der Waals surface area contributed by atoms with Gasteiger partial charge in [0, 0.05) is 34.0 Å². The van der Waals surface area contributed by atoms with Crippen molar-refractivity contribution in [1.29, 1.82) is 0 Å². The van der Waals surface area contributed by atoms with Crippen molar-refractivity contribution in [3.8, 4) is 16.2 Å². The maximum Gasteiger partial charge on any atom is 0.343 e. The summed E-state index contributed by atoms with van der Waals surface area (Å²) >= 11 is 1.66. The molecule has 30 heavy (non-hydrogen) atoms. The van der Waals surface area contributed by atoms with Crippen LogP contribution >= 0.6 is 11.3 Å². The number of methoxy groups -OCH3 is 1. The van der Waals surface area contributed by atoms with Crippen LogP contribution in [0.1, 0.15) is 46.6 Å². The lowest BCUT2D eigenvalue weighted by Crippen LogP contribution is -2.21. The summed E-state index contributed by atoms with van der Waals surface area (Å²) in [5.74, 6) is 0.0578. The van der Waals surface area contributed by atoms with Gasteiger partial charge in [-0.05, 0) is 49.9 Å². The van der Waals surface area contributed by atoms with Gasteiger partial charge >= 0.3 is 5.97 Å². The molecule has 1 unspecified atom stereocenters. The molecule has 5 rings (SSSR count). The van der Waals surface area contributed by atoms with Crippen LogP contribution in [-0.4, -0.2) is 35.5 Å². The summed E-state index contributed by atoms with van der Waals surface area (Å²) in [6.45, 7) is 1.95. The van der Waals surface area contributed by atoms with Gasteiger partial charge in [-0.25, -0.2) is 4.79 Å². The molecule has 1 aromatic carbocycles. The summed E-state index contributed by atoms with van der Waals surface area (Å²) in [5.41, 5.74) is 2.57. The molecule has 0 radical (unpaired) electrons. The van der Waals surface area contributed by atoms with Gasteiger partial charge in [0.2, 0.25) is 5.43 Å². The second-order valence-corrected chi connectivity index (χ2v) is 9.03. The normalized spacial score (nSPS) is 17.9. The number of carbonyl (C=O) groups is 1. The lowest BCUT2D eigenvalue weighted by molar-refractivity contribution is 0.0524. The largest absolute Gasteiger partial charge is 0.494 e. The van der Waals surface area contributed by atoms with E-state index in [2.05, 4.69) is 6.07 Å². The number of pyridine rings is 1. The van der Waals surface area contributed by atoms with Crippen LogP contribution in [0.25, 0.3) is 21.3 Å². The minimum atomic E-state index is -0.588. The first-order valence-electron chi connectivity index (χ1n) is 10.2. The number of hydrogen-bond donors (Lipinski definition) is 1. The SMILES string of the molecule is CCOC(=O)c1cn(C2CC2)c2c(OC)c(-c3cc4c(s3)CC(O)C4)ccc2c1=O. The first-order chi connectivity index (χ1) is 14.5. The van der Waals surface area contributed by atoms with E-state index in [1.807, 2.05) is 10.6 Å². The van der Waals surface area contributed by atoms with Crippen molar-refractivity contribution in [2.24, 2.45) is 0 Å². The van der Waals surface area contributed by atoms with Gasteiger partial charge in [-0.2, -0.15) is 0 Å². The average molecular weight is 426 g/mol. The monoisotopic (exact) mass is 425 g/mol. The highest BCUT2D eigenvalue weighted by atomic mass is 32.1. The molecule has 1 N–H and O–H groups in total. The molecule has 6 nitrogen and oxygen atoms in total. The van der Waals surface area contributed by atoms with Gasteiger partial charge in [-0.3, -0.25) is 4.79 Å². The van der Waals surface area contributed by atoms with Crippen LogP contribution in [0.3, 0.4) is 0 Å². The smallest absolute Gasteiger partial charge is 0.343 e. The van der Waals surface area contributed by atoms with Crippen LogP contribution in [0.15, 0.2) is 29.2 Å². The van der Waals surface area contributed by atoms with Crippen LogP contribution < -0.4 is 10.2 Å². The summed E-state index contributed by atoms with van der Waals surface area (Å²) in [4.78, 5) is 27.7. The van der Waals surface area contributed by atoms with Crippen LogP contribution in [0.2, 0.25) is 0 Å². The first-order valence-corrected chi connectivity index (χ1v) is 11.1. The molecule has 1 fully saturated rings.